The van der Waals surface area contributed by atoms with E-state index in [1.54, 1.807) is 0 Å². The quantitative estimate of drug-likeness (QED) is 0.258. The number of hydrogen-bond acceptors (Lipinski definition) is 0. The van der Waals surface area contributed by atoms with Crippen molar-refractivity contribution in [2.24, 2.45) is 0 Å². The third-order valence-electron chi connectivity index (χ3n) is 4.53. The molecule has 0 aliphatic rings. The Morgan fingerprint density at radius 2 is 0.900 bits per heavy atom. The first-order valence-corrected chi connectivity index (χ1v) is 14.7. The van der Waals surface area contributed by atoms with Crippen LogP contribution in [0.4, 0.5) is 0 Å². The van der Waals surface area contributed by atoms with Gasteiger partial charge in [0, 0.05) is 20.1 Å². The van der Waals surface area contributed by atoms with Gasteiger partial charge in [0.25, 0.3) is 0 Å². The van der Waals surface area contributed by atoms with Gasteiger partial charge < -0.3 is 0 Å². The highest BCUT2D eigenvalue weighted by Gasteiger charge is 2.27. The van der Waals surface area contributed by atoms with E-state index in [4.69, 9.17) is 0 Å². The largest absolute Gasteiger partial charge is 0.0707 e. The summed E-state index contributed by atoms with van der Waals surface area (Å²) in [5.74, 6) is 6.86. The summed E-state index contributed by atoms with van der Waals surface area (Å²) in [5.41, 5.74) is 9.45. The van der Waals surface area contributed by atoms with Crippen LogP contribution in [-0.4, -0.2) is 22.6 Å². The molecule has 0 aromatic heterocycles. The Kier molecular flexibility index (Phi) is 9.66. The molecule has 0 bridgehead atoms. The van der Waals surface area contributed by atoms with Crippen molar-refractivity contribution >= 4 is 47.7 Å². The molecule has 0 aliphatic carbocycles. The van der Waals surface area contributed by atoms with Crippen molar-refractivity contribution in [3.63, 3.8) is 0 Å². The minimum Gasteiger partial charge on any atom is -0.0707 e. The Morgan fingerprint density at radius 1 is 0.600 bits per heavy atom. The molecular formula is C26H30Br2P2. The molecule has 0 nitrogen and oxygen atoms in total. The van der Waals surface area contributed by atoms with E-state index in [0.717, 1.165) is 32.4 Å². The molecule has 0 aliphatic heterocycles. The third-order valence-corrected chi connectivity index (χ3v) is 11.3. The molecule has 0 saturated heterocycles. The Morgan fingerprint density at radius 3 is 1.17 bits per heavy atom. The van der Waals surface area contributed by atoms with Crippen LogP contribution in [0.1, 0.15) is 52.7 Å². The summed E-state index contributed by atoms with van der Waals surface area (Å²) < 4.78 is 2.18. The van der Waals surface area contributed by atoms with E-state index < -0.39 is 15.8 Å². The summed E-state index contributed by atoms with van der Waals surface area (Å²) >= 11 is 6.99. The van der Waals surface area contributed by atoms with Crippen LogP contribution in [0.2, 0.25) is 0 Å². The molecule has 158 valence electrons. The summed E-state index contributed by atoms with van der Waals surface area (Å²) in [7, 11) is -0.825. The summed E-state index contributed by atoms with van der Waals surface area (Å²) in [5, 5.41) is 0.408. The lowest BCUT2D eigenvalue weighted by molar-refractivity contribution is 0.781. The minimum absolute atomic E-state index is 0.204. The van der Waals surface area contributed by atoms with Crippen LogP contribution < -0.4 is 0 Å². The number of halogens is 2. The van der Waals surface area contributed by atoms with Gasteiger partial charge in [-0.3, -0.25) is 0 Å². The van der Waals surface area contributed by atoms with E-state index >= 15 is 0 Å². The van der Waals surface area contributed by atoms with E-state index in [1.807, 2.05) is 0 Å². The molecule has 0 N–H and O–H groups in total. The lowest BCUT2D eigenvalue weighted by Crippen LogP contribution is -2.17. The molecule has 0 saturated carbocycles. The Labute approximate surface area is 202 Å². The van der Waals surface area contributed by atoms with Gasteiger partial charge in [0.1, 0.15) is 0 Å². The summed E-state index contributed by atoms with van der Waals surface area (Å²) in [4.78, 5) is 0. The van der Waals surface area contributed by atoms with E-state index in [9.17, 15) is 0 Å². The second-order valence-electron chi connectivity index (χ2n) is 9.13. The summed E-state index contributed by atoms with van der Waals surface area (Å²) in [6.45, 7) is 13.9. The predicted octanol–water partition coefficient (Wildman–Crippen LogP) is 9.09. The number of rotatable bonds is 3. The van der Waals surface area contributed by atoms with Gasteiger partial charge in [-0.2, -0.15) is 0 Å². The van der Waals surface area contributed by atoms with E-state index in [0.29, 0.717) is 0 Å². The van der Waals surface area contributed by atoms with Crippen LogP contribution in [0.3, 0.4) is 0 Å². The highest BCUT2D eigenvalue weighted by atomic mass is 79.9. The zero-order valence-corrected chi connectivity index (χ0v) is 23.6. The van der Waals surface area contributed by atoms with Gasteiger partial charge in [-0.25, -0.2) is 0 Å². The SMILES string of the molecule is CC(C)(C)P(C#Cc1ccc(Br)cc1)CCP(C#Cc1ccc(Br)cc1)C(C)(C)C. The molecule has 2 unspecified atom stereocenters. The van der Waals surface area contributed by atoms with Gasteiger partial charge >= 0.3 is 0 Å². The Hall–Kier alpha value is -0.620. The van der Waals surface area contributed by atoms with Crippen molar-refractivity contribution in [1.82, 2.24) is 0 Å². The first kappa shape index (κ1) is 25.6. The Bertz CT molecular complexity index is 860. The highest BCUT2D eigenvalue weighted by Crippen LogP contribution is 2.54. The van der Waals surface area contributed by atoms with E-state index in [-0.39, 0.29) is 10.3 Å². The lowest BCUT2D eigenvalue weighted by atomic mass is 10.2. The predicted molar refractivity (Wildman–Crippen MR) is 145 cm³/mol. The molecule has 2 atom stereocenters. The second-order valence-corrected chi connectivity index (χ2v) is 16.7. The van der Waals surface area contributed by atoms with Crippen LogP contribution in [0.25, 0.3) is 0 Å². The number of hydrogen-bond donors (Lipinski definition) is 0. The fourth-order valence-corrected chi connectivity index (χ4v) is 7.54. The van der Waals surface area contributed by atoms with Crippen molar-refractivity contribution in [1.29, 1.82) is 0 Å². The van der Waals surface area contributed by atoms with Crippen molar-refractivity contribution < 1.29 is 0 Å². The van der Waals surface area contributed by atoms with Gasteiger partial charge in [-0.15, -0.1) is 0 Å². The minimum atomic E-state index is -0.413. The summed E-state index contributed by atoms with van der Waals surface area (Å²) in [6.07, 6.45) is 2.28. The molecule has 30 heavy (non-hydrogen) atoms. The molecule has 0 fully saturated rings. The molecule has 2 aromatic carbocycles. The molecule has 2 rings (SSSR count). The first-order valence-electron chi connectivity index (χ1n) is 10.0. The molecule has 0 radical (unpaired) electrons. The van der Waals surface area contributed by atoms with Crippen molar-refractivity contribution in [3.8, 4) is 23.2 Å². The first-order chi connectivity index (χ1) is 13.9. The zero-order valence-electron chi connectivity index (χ0n) is 18.7. The van der Waals surface area contributed by atoms with Gasteiger partial charge in [-0.05, 0) is 87.0 Å². The summed E-state index contributed by atoms with van der Waals surface area (Å²) in [6, 6.07) is 16.6. The van der Waals surface area contributed by atoms with Gasteiger partial charge in [0.05, 0.1) is 0 Å². The average Bonchev–Trinajstić information content (AvgIpc) is 2.64. The maximum absolute atomic E-state index is 3.64. The fraction of sp³-hybridized carbons (Fsp3) is 0.385. The maximum atomic E-state index is 3.64. The van der Waals surface area contributed by atoms with E-state index in [2.05, 4.69) is 145 Å². The molecule has 0 spiro atoms. The van der Waals surface area contributed by atoms with Crippen LogP contribution in [0.15, 0.2) is 57.5 Å². The second kappa shape index (κ2) is 11.3. The zero-order chi connectivity index (χ0) is 22.4. The monoisotopic (exact) mass is 562 g/mol. The highest BCUT2D eigenvalue weighted by molar-refractivity contribution is 9.10. The fourth-order valence-electron chi connectivity index (χ4n) is 2.65. The van der Waals surface area contributed by atoms with Crippen molar-refractivity contribution in [2.45, 2.75) is 51.9 Å². The molecular weight excluding hydrogens is 534 g/mol. The van der Waals surface area contributed by atoms with Crippen LogP contribution >= 0.6 is 47.7 Å². The lowest BCUT2D eigenvalue weighted by Gasteiger charge is -2.31. The standard InChI is InChI=1S/C26H30Br2P2/c1-25(2,3)29(17-15-21-7-11-23(27)12-8-21)19-20-30(26(4,5)6)18-16-22-9-13-24(28)14-10-22/h7-14H,19-20H2,1-6H3. The van der Waals surface area contributed by atoms with Gasteiger partial charge in [0.15, 0.2) is 0 Å². The number of benzene rings is 2. The van der Waals surface area contributed by atoms with Crippen molar-refractivity contribution in [3.05, 3.63) is 68.6 Å². The molecule has 4 heteroatoms. The van der Waals surface area contributed by atoms with Crippen LogP contribution in [0, 0.1) is 23.2 Å². The van der Waals surface area contributed by atoms with Crippen LogP contribution in [-0.2, 0) is 0 Å². The smallest absolute Gasteiger partial charge is 0.0249 e. The van der Waals surface area contributed by atoms with Gasteiger partial charge in [0.2, 0.25) is 0 Å². The Balaban J connectivity index is 2.17. The maximum Gasteiger partial charge on any atom is 0.0249 e. The molecule has 2 aromatic rings. The van der Waals surface area contributed by atoms with E-state index in [1.165, 1.54) is 0 Å². The normalized spacial score (nSPS) is 13.5. The molecule has 0 amide bonds. The third kappa shape index (κ3) is 8.86. The van der Waals surface area contributed by atoms with Gasteiger partial charge in [-0.1, -0.05) is 96.6 Å². The van der Waals surface area contributed by atoms with Crippen molar-refractivity contribution in [2.75, 3.05) is 12.3 Å². The topological polar surface area (TPSA) is 0 Å². The average molecular weight is 564 g/mol. The van der Waals surface area contributed by atoms with Crippen LogP contribution in [0.5, 0.6) is 0 Å². The molecule has 0 heterocycles.